The number of carbonyl (C=O) groups is 1. The predicted molar refractivity (Wildman–Crippen MR) is 180 cm³/mol. The Balaban J connectivity index is 1.23. The van der Waals surface area contributed by atoms with E-state index in [-0.39, 0.29) is 11.4 Å². The first-order chi connectivity index (χ1) is 21.6. The summed E-state index contributed by atoms with van der Waals surface area (Å²) < 4.78 is 7.30. The highest BCUT2D eigenvalue weighted by Crippen LogP contribution is 2.71. The van der Waals surface area contributed by atoms with Gasteiger partial charge in [-0.15, -0.1) is 0 Å². The molecule has 6 fully saturated rings. The molecule has 3 aromatic rings. The zero-order valence-corrected chi connectivity index (χ0v) is 27.2. The van der Waals surface area contributed by atoms with E-state index in [1.54, 1.807) is 0 Å². The first-order valence-electron chi connectivity index (χ1n) is 17.9. The van der Waals surface area contributed by atoms with Gasteiger partial charge in [0.25, 0.3) is 0 Å². The van der Waals surface area contributed by atoms with Crippen molar-refractivity contribution in [3.63, 3.8) is 0 Å². The molecule has 0 atom stereocenters. The van der Waals surface area contributed by atoms with Gasteiger partial charge in [0.1, 0.15) is 0 Å². The highest BCUT2D eigenvalue weighted by molar-refractivity contribution is 8.30. The Kier molecular flexibility index (Phi) is 7.89. The second kappa shape index (κ2) is 12.0. The Bertz CT molecular complexity index is 1330. The molecule has 3 aromatic carbocycles. The van der Waals surface area contributed by atoms with Crippen LogP contribution in [0, 0.1) is 23.2 Å². The number of benzene rings is 3. The smallest absolute Gasteiger partial charge is 0.323 e. The maximum atomic E-state index is 14.9. The first kappa shape index (κ1) is 28.9. The molecule has 3 heteroatoms. The molecule has 9 rings (SSSR count). The molecule has 0 saturated heterocycles. The first-order valence-corrected chi connectivity index (χ1v) is 19.5. The average Bonchev–Trinajstić information content (AvgIpc) is 3.08. The molecule has 0 aromatic heterocycles. The van der Waals surface area contributed by atoms with Crippen LogP contribution in [0.3, 0.4) is 0 Å². The Morgan fingerprint density at radius 1 is 0.545 bits per heavy atom. The molecule has 6 saturated carbocycles. The number of rotatable bonds is 7. The fourth-order valence-electron chi connectivity index (χ4n) is 10.5. The van der Waals surface area contributed by atoms with Gasteiger partial charge in [-0.05, 0) is 152 Å². The van der Waals surface area contributed by atoms with E-state index < -0.39 is 10.3 Å². The number of carbonyl (C=O) groups excluding carboxylic acids is 1. The van der Waals surface area contributed by atoms with Crippen LogP contribution in [0.4, 0.5) is 0 Å². The minimum atomic E-state index is -2.27. The molecule has 0 aliphatic heterocycles. The van der Waals surface area contributed by atoms with E-state index in [2.05, 4.69) is 78.9 Å². The summed E-state index contributed by atoms with van der Waals surface area (Å²) in [6.45, 7) is 0. The maximum absolute atomic E-state index is 14.9. The van der Waals surface area contributed by atoms with Crippen molar-refractivity contribution in [1.29, 1.82) is 0 Å². The molecule has 6 aliphatic rings. The third-order valence-electron chi connectivity index (χ3n) is 12.3. The van der Waals surface area contributed by atoms with Gasteiger partial charge < -0.3 is 4.18 Å². The van der Waals surface area contributed by atoms with Gasteiger partial charge in [-0.25, -0.2) is 0 Å². The molecule has 0 spiro atoms. The topological polar surface area (TPSA) is 26.3 Å². The Labute approximate surface area is 266 Å². The molecule has 44 heavy (non-hydrogen) atoms. The SMILES string of the molecule is O=C(OS(c1ccccc1)(c1ccc(C2CCCCC2)cc1)c1ccc(C2CCCCC2)cc1)C12CC3CC(CC(C3)C1)C2. The minimum absolute atomic E-state index is 0.0863. The van der Waals surface area contributed by atoms with Crippen LogP contribution in [0.1, 0.15) is 126 Å². The molecular formula is C41H50O2S. The normalized spacial score (nSPS) is 29.4. The summed E-state index contributed by atoms with van der Waals surface area (Å²) in [4.78, 5) is 18.3. The van der Waals surface area contributed by atoms with E-state index in [1.165, 1.54) is 94.6 Å². The van der Waals surface area contributed by atoms with Gasteiger partial charge >= 0.3 is 5.97 Å². The maximum Gasteiger partial charge on any atom is 0.323 e. The van der Waals surface area contributed by atoms with E-state index >= 15 is 0 Å². The summed E-state index contributed by atoms with van der Waals surface area (Å²) in [5.74, 6) is 3.52. The summed E-state index contributed by atoms with van der Waals surface area (Å²) in [7, 11) is -2.27. The van der Waals surface area contributed by atoms with E-state index in [0.717, 1.165) is 33.9 Å². The lowest BCUT2D eigenvalue weighted by Crippen LogP contribution is -2.50. The van der Waals surface area contributed by atoms with Gasteiger partial charge in [0, 0.05) is 14.7 Å². The average molecular weight is 607 g/mol. The van der Waals surface area contributed by atoms with E-state index in [1.807, 2.05) is 0 Å². The quantitative estimate of drug-likeness (QED) is 0.267. The fourth-order valence-corrected chi connectivity index (χ4v) is 13.6. The molecule has 4 bridgehead atoms. The standard InChI is InChI=1S/C41H50O2S/c42-40(41-27-30-24-31(28-41)26-32(25-30)29-41)43-44(37-14-8-3-9-15-37,38-20-16-35(17-21-38)33-10-4-1-5-11-33)39-22-18-36(19-23-39)34-12-6-2-7-13-34/h3,8-9,14-23,30-34H,1-2,4-7,10-13,24-29H2. The van der Waals surface area contributed by atoms with Gasteiger partial charge in [-0.2, -0.15) is 0 Å². The van der Waals surface area contributed by atoms with Crippen LogP contribution in [-0.2, 0) is 8.98 Å². The molecule has 0 unspecified atom stereocenters. The van der Waals surface area contributed by atoms with Crippen molar-refractivity contribution in [2.45, 2.75) is 129 Å². The van der Waals surface area contributed by atoms with Crippen molar-refractivity contribution >= 4 is 16.3 Å². The molecule has 6 aliphatic carbocycles. The van der Waals surface area contributed by atoms with Crippen molar-refractivity contribution < 1.29 is 8.98 Å². The molecule has 0 amide bonds. The Morgan fingerprint density at radius 2 is 0.955 bits per heavy atom. The van der Waals surface area contributed by atoms with Crippen molar-refractivity contribution in [1.82, 2.24) is 0 Å². The molecule has 232 valence electrons. The largest absolute Gasteiger partial charge is 0.402 e. The van der Waals surface area contributed by atoms with Crippen molar-refractivity contribution in [3.05, 3.63) is 90.0 Å². The minimum Gasteiger partial charge on any atom is -0.402 e. The monoisotopic (exact) mass is 606 g/mol. The van der Waals surface area contributed by atoms with Crippen molar-refractivity contribution in [2.75, 3.05) is 0 Å². The molecule has 0 radical (unpaired) electrons. The summed E-state index contributed by atoms with van der Waals surface area (Å²) in [5, 5.41) is 0. The zero-order valence-electron chi connectivity index (χ0n) is 26.4. The molecule has 0 heterocycles. The van der Waals surface area contributed by atoms with Gasteiger partial charge in [0.2, 0.25) is 0 Å². The van der Waals surface area contributed by atoms with Crippen LogP contribution in [-0.4, -0.2) is 5.97 Å². The van der Waals surface area contributed by atoms with Gasteiger partial charge in [-0.3, -0.25) is 4.79 Å². The van der Waals surface area contributed by atoms with Crippen LogP contribution < -0.4 is 0 Å². The number of hydrogen-bond acceptors (Lipinski definition) is 2. The highest BCUT2D eigenvalue weighted by Gasteiger charge is 2.57. The van der Waals surface area contributed by atoms with Crippen LogP contribution >= 0.6 is 10.3 Å². The fraction of sp³-hybridized carbons (Fsp3) is 0.537. The third kappa shape index (κ3) is 5.25. The molecular weight excluding hydrogens is 557 g/mol. The van der Waals surface area contributed by atoms with Gasteiger partial charge in [-0.1, -0.05) is 81.0 Å². The van der Waals surface area contributed by atoms with Crippen LogP contribution in [0.25, 0.3) is 0 Å². The molecule has 2 nitrogen and oxygen atoms in total. The third-order valence-corrected chi connectivity index (χ3v) is 15.5. The lowest BCUT2D eigenvalue weighted by atomic mass is 9.49. The van der Waals surface area contributed by atoms with Gasteiger partial charge in [0.15, 0.2) is 0 Å². The van der Waals surface area contributed by atoms with E-state index in [0.29, 0.717) is 29.6 Å². The second-order valence-electron chi connectivity index (χ2n) is 15.2. The predicted octanol–water partition coefficient (Wildman–Crippen LogP) is 11.7. The highest BCUT2D eigenvalue weighted by atomic mass is 32.3. The van der Waals surface area contributed by atoms with Crippen molar-refractivity contribution in [2.24, 2.45) is 23.2 Å². The Morgan fingerprint density at radius 3 is 1.39 bits per heavy atom. The summed E-state index contributed by atoms with van der Waals surface area (Å²) in [5.41, 5.74) is 2.61. The lowest BCUT2D eigenvalue weighted by molar-refractivity contribution is -0.160. The zero-order chi connectivity index (χ0) is 29.6. The number of hydrogen-bond donors (Lipinski definition) is 0. The van der Waals surface area contributed by atoms with E-state index in [9.17, 15) is 4.79 Å². The Hall–Kier alpha value is -2.52. The molecule has 0 N–H and O–H groups in total. The van der Waals surface area contributed by atoms with Gasteiger partial charge in [0.05, 0.1) is 5.41 Å². The second-order valence-corrected chi connectivity index (χ2v) is 17.9. The van der Waals surface area contributed by atoms with E-state index in [4.69, 9.17) is 4.18 Å². The van der Waals surface area contributed by atoms with Crippen LogP contribution in [0.15, 0.2) is 93.5 Å². The van der Waals surface area contributed by atoms with Crippen LogP contribution in [0.2, 0.25) is 0 Å². The van der Waals surface area contributed by atoms with Crippen LogP contribution in [0.5, 0.6) is 0 Å². The summed E-state index contributed by atoms with van der Waals surface area (Å²) in [6, 6.07) is 29.5. The lowest BCUT2D eigenvalue weighted by Gasteiger charge is -2.56. The summed E-state index contributed by atoms with van der Waals surface area (Å²) >= 11 is 0. The summed E-state index contributed by atoms with van der Waals surface area (Å²) in [6.07, 6.45) is 20.3. The van der Waals surface area contributed by atoms with Crippen molar-refractivity contribution in [3.8, 4) is 0 Å².